The van der Waals surface area contributed by atoms with Crippen LogP contribution in [0.2, 0.25) is 0 Å². The number of rotatable bonds is 7. The summed E-state index contributed by atoms with van der Waals surface area (Å²) in [7, 11) is 1.59. The largest absolute Gasteiger partial charge is 0.497 e. The van der Waals surface area contributed by atoms with E-state index in [1.165, 1.54) is 6.07 Å². The summed E-state index contributed by atoms with van der Waals surface area (Å²) < 4.78 is 5.24. The van der Waals surface area contributed by atoms with Gasteiger partial charge in [-0.05, 0) is 61.7 Å². The molecule has 1 amide bonds. The Morgan fingerprint density at radius 1 is 1.26 bits per heavy atom. The summed E-state index contributed by atoms with van der Waals surface area (Å²) in [6, 6.07) is 8.83. The molecule has 1 saturated heterocycles. The molecule has 3 heterocycles. The Labute approximate surface area is 179 Å². The summed E-state index contributed by atoms with van der Waals surface area (Å²) in [6.45, 7) is 3.19. The third-order valence-electron chi connectivity index (χ3n) is 5.69. The van der Waals surface area contributed by atoms with Crippen LogP contribution < -0.4 is 10.1 Å². The number of aromatic carboxylic acids is 1. The quantitative estimate of drug-likeness (QED) is 0.533. The molecule has 2 aromatic heterocycles. The van der Waals surface area contributed by atoms with Gasteiger partial charge in [-0.3, -0.25) is 14.8 Å². The van der Waals surface area contributed by atoms with Crippen LogP contribution in [0.5, 0.6) is 5.75 Å². The minimum atomic E-state index is -1.02. The molecule has 0 radical (unpaired) electrons. The van der Waals surface area contributed by atoms with Crippen molar-refractivity contribution in [3.63, 3.8) is 0 Å². The van der Waals surface area contributed by atoms with Gasteiger partial charge in [0.05, 0.1) is 12.6 Å². The van der Waals surface area contributed by atoms with Gasteiger partial charge in [-0.1, -0.05) is 6.07 Å². The predicted molar refractivity (Wildman–Crippen MR) is 114 cm³/mol. The molecule has 162 valence electrons. The summed E-state index contributed by atoms with van der Waals surface area (Å²) >= 11 is 0. The second-order valence-electron chi connectivity index (χ2n) is 7.77. The number of benzene rings is 1. The maximum absolute atomic E-state index is 12.6. The van der Waals surface area contributed by atoms with Crippen LogP contribution in [0.1, 0.15) is 39.4 Å². The number of amides is 1. The first-order chi connectivity index (χ1) is 15.0. The fourth-order valence-electron chi connectivity index (χ4n) is 3.87. The Bertz CT molecular complexity index is 1070. The third kappa shape index (κ3) is 4.83. The molecule has 1 aliphatic heterocycles. The Balaban J connectivity index is 1.26. The van der Waals surface area contributed by atoms with E-state index in [1.54, 1.807) is 13.3 Å². The summed E-state index contributed by atoms with van der Waals surface area (Å²) in [6.07, 6.45) is 3.59. The van der Waals surface area contributed by atoms with E-state index < -0.39 is 5.97 Å². The number of nitrogens with one attached hydrogen (secondary N) is 2. The molecule has 0 atom stereocenters. The molecule has 9 heteroatoms. The van der Waals surface area contributed by atoms with Crippen molar-refractivity contribution >= 4 is 22.8 Å². The van der Waals surface area contributed by atoms with E-state index in [-0.39, 0.29) is 11.6 Å². The zero-order valence-electron chi connectivity index (χ0n) is 17.3. The van der Waals surface area contributed by atoms with Gasteiger partial charge in [-0.2, -0.15) is 5.10 Å². The maximum atomic E-state index is 12.6. The Hall–Kier alpha value is -3.46. The number of methoxy groups -OCH3 is 1. The smallest absolute Gasteiger partial charge is 0.354 e. The molecule has 1 aromatic carbocycles. The van der Waals surface area contributed by atoms with Crippen LogP contribution in [-0.4, -0.2) is 63.8 Å². The van der Waals surface area contributed by atoms with Crippen molar-refractivity contribution in [3.05, 3.63) is 53.5 Å². The predicted octanol–water partition coefficient (Wildman–Crippen LogP) is 2.31. The SMILES string of the molecule is COc1ccc2[nH]nc(C(=O)NCC3CCN(Cc4ccc(C(=O)O)nc4)CC3)c2c1. The van der Waals surface area contributed by atoms with Crippen molar-refractivity contribution in [2.75, 3.05) is 26.7 Å². The Morgan fingerprint density at radius 2 is 2.06 bits per heavy atom. The number of carbonyl (C=O) groups is 2. The number of H-pyrrole nitrogens is 1. The molecule has 3 N–H and O–H groups in total. The van der Waals surface area contributed by atoms with E-state index >= 15 is 0 Å². The van der Waals surface area contributed by atoms with Crippen LogP contribution in [0.15, 0.2) is 36.5 Å². The van der Waals surface area contributed by atoms with E-state index in [1.807, 2.05) is 24.3 Å². The highest BCUT2D eigenvalue weighted by Crippen LogP contribution is 2.22. The standard InChI is InChI=1S/C22H25N5O4/c1-31-16-3-5-18-17(10-16)20(26-25-18)21(28)24-11-14-6-8-27(9-7-14)13-15-2-4-19(22(29)30)23-12-15/h2-5,10,12,14H,6-9,11,13H2,1H3,(H,24,28)(H,25,26)(H,29,30). The average Bonchev–Trinajstić information content (AvgIpc) is 3.22. The highest BCUT2D eigenvalue weighted by Gasteiger charge is 2.21. The van der Waals surface area contributed by atoms with Gasteiger partial charge in [-0.25, -0.2) is 9.78 Å². The van der Waals surface area contributed by atoms with Crippen molar-refractivity contribution in [2.24, 2.45) is 5.92 Å². The van der Waals surface area contributed by atoms with Gasteiger partial charge >= 0.3 is 5.97 Å². The number of likely N-dealkylation sites (tertiary alicyclic amines) is 1. The first-order valence-electron chi connectivity index (χ1n) is 10.2. The second-order valence-corrected chi connectivity index (χ2v) is 7.77. The molecule has 9 nitrogen and oxygen atoms in total. The zero-order valence-corrected chi connectivity index (χ0v) is 17.3. The minimum absolute atomic E-state index is 0.0568. The van der Waals surface area contributed by atoms with Crippen molar-refractivity contribution in [1.29, 1.82) is 0 Å². The van der Waals surface area contributed by atoms with Crippen molar-refractivity contribution in [1.82, 2.24) is 25.4 Å². The van der Waals surface area contributed by atoms with E-state index in [0.29, 0.717) is 23.9 Å². The lowest BCUT2D eigenvalue weighted by atomic mass is 9.96. The Morgan fingerprint density at radius 3 is 2.74 bits per heavy atom. The second kappa shape index (κ2) is 9.13. The molecule has 0 bridgehead atoms. The molecule has 1 aliphatic rings. The number of fused-ring (bicyclic) bond motifs is 1. The van der Waals surface area contributed by atoms with Crippen molar-refractivity contribution in [2.45, 2.75) is 19.4 Å². The first-order valence-corrected chi connectivity index (χ1v) is 10.2. The number of aromatic nitrogens is 3. The highest BCUT2D eigenvalue weighted by atomic mass is 16.5. The van der Waals surface area contributed by atoms with Gasteiger partial charge in [0.1, 0.15) is 11.4 Å². The van der Waals surface area contributed by atoms with Gasteiger partial charge < -0.3 is 15.2 Å². The molecule has 31 heavy (non-hydrogen) atoms. The first kappa shape index (κ1) is 20.8. The molecule has 3 aromatic rings. The van der Waals surface area contributed by atoms with Crippen molar-refractivity contribution < 1.29 is 19.4 Å². The van der Waals surface area contributed by atoms with Gasteiger partial charge in [0, 0.05) is 24.7 Å². The number of carbonyl (C=O) groups excluding carboxylic acids is 1. The number of hydrogen-bond acceptors (Lipinski definition) is 6. The summed E-state index contributed by atoms with van der Waals surface area (Å²) in [4.78, 5) is 29.8. The van der Waals surface area contributed by atoms with E-state index in [9.17, 15) is 9.59 Å². The van der Waals surface area contributed by atoms with Crippen LogP contribution in [0.3, 0.4) is 0 Å². The van der Waals surface area contributed by atoms with Crippen LogP contribution in [-0.2, 0) is 6.54 Å². The molecule has 1 fully saturated rings. The number of carboxylic acid groups (broad SMARTS) is 1. The van der Waals surface area contributed by atoms with Crippen LogP contribution in [0.4, 0.5) is 0 Å². The lowest BCUT2D eigenvalue weighted by Gasteiger charge is -2.31. The number of carboxylic acids is 1. The molecule has 0 unspecified atom stereocenters. The van der Waals surface area contributed by atoms with Crippen LogP contribution in [0, 0.1) is 5.92 Å². The molecular formula is C22H25N5O4. The maximum Gasteiger partial charge on any atom is 0.354 e. The normalized spacial score (nSPS) is 15.1. The minimum Gasteiger partial charge on any atom is -0.497 e. The van der Waals surface area contributed by atoms with Crippen molar-refractivity contribution in [3.8, 4) is 5.75 Å². The lowest BCUT2D eigenvalue weighted by molar-refractivity contribution is 0.0690. The van der Waals surface area contributed by atoms with Gasteiger partial charge in [0.2, 0.25) is 0 Å². The summed E-state index contributed by atoms with van der Waals surface area (Å²) in [5.74, 6) is -0.113. The fraction of sp³-hybridized carbons (Fsp3) is 0.364. The third-order valence-corrected chi connectivity index (χ3v) is 5.69. The van der Waals surface area contributed by atoms with Crippen LogP contribution >= 0.6 is 0 Å². The number of nitrogens with zero attached hydrogens (tertiary/aromatic N) is 3. The highest BCUT2D eigenvalue weighted by molar-refractivity contribution is 6.05. The average molecular weight is 423 g/mol. The molecule has 0 saturated carbocycles. The number of hydrogen-bond donors (Lipinski definition) is 3. The molecule has 0 spiro atoms. The fourth-order valence-corrected chi connectivity index (χ4v) is 3.87. The number of piperidine rings is 1. The summed E-state index contributed by atoms with van der Waals surface area (Å²) in [5.41, 5.74) is 2.23. The topological polar surface area (TPSA) is 120 Å². The number of ether oxygens (including phenoxy) is 1. The monoisotopic (exact) mass is 423 g/mol. The zero-order chi connectivity index (χ0) is 21.8. The van der Waals surface area contributed by atoms with E-state index in [4.69, 9.17) is 9.84 Å². The molecule has 0 aliphatic carbocycles. The number of aromatic amines is 1. The van der Waals surface area contributed by atoms with Gasteiger partial charge in [0.15, 0.2) is 5.69 Å². The summed E-state index contributed by atoms with van der Waals surface area (Å²) in [5, 5.41) is 19.8. The van der Waals surface area contributed by atoms with Gasteiger partial charge in [0.25, 0.3) is 5.91 Å². The van der Waals surface area contributed by atoms with Gasteiger partial charge in [-0.15, -0.1) is 0 Å². The van der Waals surface area contributed by atoms with Crippen LogP contribution in [0.25, 0.3) is 10.9 Å². The lowest BCUT2D eigenvalue weighted by Crippen LogP contribution is -2.38. The van der Waals surface area contributed by atoms with E-state index in [2.05, 4.69) is 25.4 Å². The molecular weight excluding hydrogens is 398 g/mol. The number of pyridine rings is 1. The molecule has 4 rings (SSSR count). The van der Waals surface area contributed by atoms with E-state index in [0.717, 1.165) is 48.9 Å². The Kier molecular flexibility index (Phi) is 6.13.